The van der Waals surface area contributed by atoms with Crippen LogP contribution in [-0.2, 0) is 11.3 Å². The summed E-state index contributed by atoms with van der Waals surface area (Å²) in [5, 5.41) is 14.4. The van der Waals surface area contributed by atoms with E-state index in [9.17, 15) is 4.79 Å². The van der Waals surface area contributed by atoms with E-state index in [1.54, 1.807) is 11.3 Å². The molecule has 0 aliphatic heterocycles. The molecule has 20 heavy (non-hydrogen) atoms. The number of hydrogen-bond donors (Lipinski definition) is 2. The van der Waals surface area contributed by atoms with Gasteiger partial charge in [-0.3, -0.25) is 4.79 Å². The molecule has 2 N–H and O–H groups in total. The molecule has 0 spiro atoms. The Morgan fingerprint density at radius 1 is 1.25 bits per heavy atom. The smallest absolute Gasteiger partial charge is 0.305 e. The molecule has 0 saturated heterocycles. The van der Waals surface area contributed by atoms with E-state index >= 15 is 0 Å². The van der Waals surface area contributed by atoms with Crippen LogP contribution >= 0.6 is 11.3 Å². The van der Waals surface area contributed by atoms with Crippen molar-refractivity contribution >= 4 is 17.3 Å². The highest BCUT2D eigenvalue weighted by Gasteiger charge is 2.16. The number of carboxylic acid groups (broad SMARTS) is 1. The molecule has 0 radical (unpaired) electrons. The van der Waals surface area contributed by atoms with Gasteiger partial charge in [-0.25, -0.2) is 0 Å². The first-order valence-electron chi connectivity index (χ1n) is 6.61. The van der Waals surface area contributed by atoms with E-state index in [-0.39, 0.29) is 12.5 Å². The minimum absolute atomic E-state index is 0.103. The van der Waals surface area contributed by atoms with Crippen molar-refractivity contribution in [3.8, 4) is 0 Å². The van der Waals surface area contributed by atoms with E-state index < -0.39 is 5.97 Å². The number of rotatable bonds is 6. The summed E-state index contributed by atoms with van der Waals surface area (Å²) in [4.78, 5) is 12.1. The van der Waals surface area contributed by atoms with Crippen LogP contribution in [0, 0.1) is 13.8 Å². The molecule has 2 rings (SSSR count). The standard InChI is InChI=1S/C16H19NO2S/c1-11-5-3-6-12(2)13(11)10-17-14(9-16(18)19)15-7-4-8-20-15/h3-8,14,17H,9-10H2,1-2H3,(H,18,19). The Labute approximate surface area is 123 Å². The third-order valence-corrected chi connectivity index (χ3v) is 4.42. The van der Waals surface area contributed by atoms with Crippen LogP contribution in [0.5, 0.6) is 0 Å². The molecule has 0 amide bonds. The van der Waals surface area contributed by atoms with Crippen LogP contribution in [0.1, 0.15) is 34.0 Å². The van der Waals surface area contributed by atoms with Crippen LogP contribution in [0.15, 0.2) is 35.7 Å². The minimum atomic E-state index is -0.780. The lowest BCUT2D eigenvalue weighted by molar-refractivity contribution is -0.137. The van der Waals surface area contributed by atoms with Crippen LogP contribution in [0.4, 0.5) is 0 Å². The van der Waals surface area contributed by atoms with Gasteiger partial charge in [-0.05, 0) is 42.0 Å². The number of carboxylic acids is 1. The first-order chi connectivity index (χ1) is 9.58. The average molecular weight is 289 g/mol. The van der Waals surface area contributed by atoms with Gasteiger partial charge < -0.3 is 10.4 Å². The monoisotopic (exact) mass is 289 g/mol. The number of hydrogen-bond acceptors (Lipinski definition) is 3. The van der Waals surface area contributed by atoms with E-state index in [1.807, 2.05) is 23.6 Å². The minimum Gasteiger partial charge on any atom is -0.481 e. The van der Waals surface area contributed by atoms with Crippen molar-refractivity contribution in [1.82, 2.24) is 5.32 Å². The largest absolute Gasteiger partial charge is 0.481 e. The van der Waals surface area contributed by atoms with Gasteiger partial charge >= 0.3 is 5.97 Å². The summed E-state index contributed by atoms with van der Waals surface area (Å²) in [6, 6.07) is 10.0. The summed E-state index contributed by atoms with van der Waals surface area (Å²) in [5.74, 6) is -0.780. The maximum absolute atomic E-state index is 11.0. The lowest BCUT2D eigenvalue weighted by atomic mass is 10.0. The Bertz CT molecular complexity index is 558. The Hall–Kier alpha value is -1.65. The fourth-order valence-corrected chi connectivity index (χ4v) is 3.09. The van der Waals surface area contributed by atoms with E-state index in [1.165, 1.54) is 16.7 Å². The molecule has 1 aromatic heterocycles. The van der Waals surface area contributed by atoms with E-state index in [0.29, 0.717) is 6.54 Å². The lowest BCUT2D eigenvalue weighted by Gasteiger charge is -2.17. The number of aryl methyl sites for hydroxylation is 2. The number of thiophene rings is 1. The van der Waals surface area contributed by atoms with Gasteiger partial charge in [0, 0.05) is 11.4 Å². The molecule has 4 heteroatoms. The van der Waals surface area contributed by atoms with Crippen molar-refractivity contribution in [2.75, 3.05) is 0 Å². The van der Waals surface area contributed by atoms with Crippen LogP contribution in [0.25, 0.3) is 0 Å². The first-order valence-corrected chi connectivity index (χ1v) is 7.49. The van der Waals surface area contributed by atoms with Gasteiger partial charge in [-0.2, -0.15) is 0 Å². The molecule has 0 bridgehead atoms. The zero-order chi connectivity index (χ0) is 14.5. The molecule has 106 valence electrons. The molecule has 1 atom stereocenters. The zero-order valence-electron chi connectivity index (χ0n) is 11.7. The quantitative estimate of drug-likeness (QED) is 0.853. The summed E-state index contributed by atoms with van der Waals surface area (Å²) in [6.07, 6.45) is 0.103. The van der Waals surface area contributed by atoms with Gasteiger partial charge in [0.25, 0.3) is 0 Å². The molecule has 3 nitrogen and oxygen atoms in total. The lowest BCUT2D eigenvalue weighted by Crippen LogP contribution is -2.23. The number of nitrogens with one attached hydrogen (secondary N) is 1. The van der Waals surface area contributed by atoms with Crippen molar-refractivity contribution in [1.29, 1.82) is 0 Å². The van der Waals surface area contributed by atoms with E-state index in [0.717, 1.165) is 4.88 Å². The highest BCUT2D eigenvalue weighted by molar-refractivity contribution is 7.10. The van der Waals surface area contributed by atoms with Gasteiger partial charge in [0.05, 0.1) is 12.5 Å². The van der Waals surface area contributed by atoms with Gasteiger partial charge in [-0.1, -0.05) is 24.3 Å². The maximum Gasteiger partial charge on any atom is 0.305 e. The van der Waals surface area contributed by atoms with E-state index in [4.69, 9.17) is 5.11 Å². The normalized spacial score (nSPS) is 12.3. The highest BCUT2D eigenvalue weighted by Crippen LogP contribution is 2.23. The van der Waals surface area contributed by atoms with Gasteiger partial charge in [0.2, 0.25) is 0 Å². The zero-order valence-corrected chi connectivity index (χ0v) is 12.5. The SMILES string of the molecule is Cc1cccc(C)c1CNC(CC(=O)O)c1cccs1. The molecule has 0 saturated carbocycles. The maximum atomic E-state index is 11.0. The molecular weight excluding hydrogens is 270 g/mol. The van der Waals surface area contributed by atoms with Crippen molar-refractivity contribution in [3.63, 3.8) is 0 Å². The second-order valence-electron chi connectivity index (χ2n) is 4.92. The number of aliphatic carboxylic acids is 1. The van der Waals surface area contributed by atoms with Crippen LogP contribution in [0.3, 0.4) is 0 Å². The van der Waals surface area contributed by atoms with Crippen LogP contribution in [-0.4, -0.2) is 11.1 Å². The fourth-order valence-electron chi connectivity index (χ4n) is 2.29. The predicted molar refractivity (Wildman–Crippen MR) is 82.1 cm³/mol. The van der Waals surface area contributed by atoms with Crippen molar-refractivity contribution in [2.24, 2.45) is 0 Å². The van der Waals surface area contributed by atoms with Gasteiger partial charge in [0.15, 0.2) is 0 Å². The van der Waals surface area contributed by atoms with Crippen molar-refractivity contribution in [3.05, 3.63) is 57.3 Å². The first kappa shape index (κ1) is 14.8. The number of carbonyl (C=O) groups is 1. The fraction of sp³-hybridized carbons (Fsp3) is 0.312. The molecule has 2 aromatic rings. The summed E-state index contributed by atoms with van der Waals surface area (Å²) in [6.45, 7) is 4.86. The third-order valence-electron chi connectivity index (χ3n) is 3.44. The van der Waals surface area contributed by atoms with Crippen LogP contribution < -0.4 is 5.32 Å². The topological polar surface area (TPSA) is 49.3 Å². The Morgan fingerprint density at radius 3 is 2.50 bits per heavy atom. The Morgan fingerprint density at radius 2 is 1.95 bits per heavy atom. The van der Waals surface area contributed by atoms with Crippen LogP contribution in [0.2, 0.25) is 0 Å². The molecule has 1 unspecified atom stereocenters. The third kappa shape index (κ3) is 3.68. The van der Waals surface area contributed by atoms with Crippen molar-refractivity contribution in [2.45, 2.75) is 32.9 Å². The summed E-state index contributed by atoms with van der Waals surface area (Å²) >= 11 is 1.59. The summed E-state index contributed by atoms with van der Waals surface area (Å²) < 4.78 is 0. The second kappa shape index (κ2) is 6.68. The Kier molecular flexibility index (Phi) is 4.93. The van der Waals surface area contributed by atoms with Gasteiger partial charge in [-0.15, -0.1) is 11.3 Å². The molecule has 0 fully saturated rings. The average Bonchev–Trinajstić information content (AvgIpc) is 2.90. The highest BCUT2D eigenvalue weighted by atomic mass is 32.1. The molecule has 1 heterocycles. The molecule has 0 aliphatic rings. The van der Waals surface area contributed by atoms with E-state index in [2.05, 4.69) is 31.3 Å². The summed E-state index contributed by atoms with van der Waals surface area (Å²) in [7, 11) is 0. The molecule has 0 aliphatic carbocycles. The second-order valence-corrected chi connectivity index (χ2v) is 5.90. The molecular formula is C16H19NO2S. The van der Waals surface area contributed by atoms with Crippen molar-refractivity contribution < 1.29 is 9.90 Å². The predicted octanol–water partition coefficient (Wildman–Crippen LogP) is 3.67. The number of benzene rings is 1. The van der Waals surface area contributed by atoms with Gasteiger partial charge in [0.1, 0.15) is 0 Å². The molecule has 1 aromatic carbocycles. The summed E-state index contributed by atoms with van der Waals surface area (Å²) in [5.41, 5.74) is 3.72. The Balaban J connectivity index is 2.11.